The van der Waals surface area contributed by atoms with Crippen molar-refractivity contribution >= 4 is 37.6 Å². The molecule has 0 unspecified atom stereocenters. The number of benzene rings is 1. The first-order valence-corrected chi connectivity index (χ1v) is 9.25. The van der Waals surface area contributed by atoms with Crippen molar-refractivity contribution < 1.29 is 26.7 Å². The molecule has 0 radical (unpaired) electrons. The van der Waals surface area contributed by atoms with E-state index in [2.05, 4.69) is 9.44 Å². The molecule has 1 aromatic rings. The highest BCUT2D eigenvalue weighted by Crippen LogP contribution is 2.20. The van der Waals surface area contributed by atoms with E-state index in [1.807, 2.05) is 0 Å². The van der Waals surface area contributed by atoms with Gasteiger partial charge in [0.1, 0.15) is 0 Å². The van der Waals surface area contributed by atoms with E-state index in [-0.39, 0.29) is 28.6 Å². The average Bonchev–Trinajstić information content (AvgIpc) is 2.33. The third-order valence-electron chi connectivity index (χ3n) is 2.26. The summed E-state index contributed by atoms with van der Waals surface area (Å²) < 4.78 is 49.7. The van der Waals surface area contributed by atoms with Crippen LogP contribution in [0.3, 0.4) is 0 Å². The summed E-state index contributed by atoms with van der Waals surface area (Å²) >= 11 is 5.69. The van der Waals surface area contributed by atoms with E-state index in [1.54, 1.807) is 0 Å². The third-order valence-corrected chi connectivity index (χ3v) is 4.76. The van der Waals surface area contributed by atoms with Crippen molar-refractivity contribution in [1.29, 1.82) is 0 Å². The maximum atomic E-state index is 11.9. The Morgan fingerprint density at radius 2 is 1.76 bits per heavy atom. The summed E-state index contributed by atoms with van der Waals surface area (Å²) in [7, 11) is -7.30. The van der Waals surface area contributed by atoms with Crippen LogP contribution >= 0.6 is 11.6 Å². The lowest BCUT2D eigenvalue weighted by atomic mass is 10.2. The maximum absolute atomic E-state index is 11.9. The Morgan fingerprint density at radius 3 is 2.24 bits per heavy atom. The number of carboxylic acids is 1. The number of carboxylic acid groups (broad SMARTS) is 1. The highest BCUT2D eigenvalue weighted by Gasteiger charge is 2.17. The van der Waals surface area contributed by atoms with Gasteiger partial charge in [0.15, 0.2) is 0 Å². The van der Waals surface area contributed by atoms with Crippen molar-refractivity contribution in [3.8, 4) is 0 Å². The smallest absolute Gasteiger partial charge is 0.337 e. The van der Waals surface area contributed by atoms with E-state index in [0.29, 0.717) is 0 Å². The fourth-order valence-corrected chi connectivity index (χ4v) is 3.20. The molecule has 21 heavy (non-hydrogen) atoms. The summed E-state index contributed by atoms with van der Waals surface area (Å²) in [6.45, 7) is -0.271. The van der Waals surface area contributed by atoms with Crippen LogP contribution in [0, 0.1) is 0 Å². The SMILES string of the molecule is CS(=O)(=O)NCCNS(=O)(=O)c1ccc(C(=O)O)c(Cl)c1. The minimum Gasteiger partial charge on any atom is -0.478 e. The van der Waals surface area contributed by atoms with Crippen molar-refractivity contribution in [2.45, 2.75) is 4.90 Å². The molecule has 1 rings (SSSR count). The molecule has 8 nitrogen and oxygen atoms in total. The van der Waals surface area contributed by atoms with Gasteiger partial charge in [0.05, 0.1) is 21.7 Å². The van der Waals surface area contributed by atoms with Crippen LogP contribution in [0.4, 0.5) is 0 Å². The van der Waals surface area contributed by atoms with Gasteiger partial charge in [-0.15, -0.1) is 0 Å². The maximum Gasteiger partial charge on any atom is 0.337 e. The van der Waals surface area contributed by atoms with E-state index < -0.39 is 26.0 Å². The fraction of sp³-hybridized carbons (Fsp3) is 0.300. The van der Waals surface area contributed by atoms with Crippen molar-refractivity contribution in [1.82, 2.24) is 9.44 Å². The highest BCUT2D eigenvalue weighted by atomic mass is 35.5. The Labute approximate surface area is 127 Å². The number of rotatable bonds is 7. The Bertz CT molecular complexity index is 745. The molecule has 0 aliphatic rings. The highest BCUT2D eigenvalue weighted by molar-refractivity contribution is 7.89. The molecular formula is C10H13ClN2O6S2. The van der Waals surface area contributed by atoms with Gasteiger partial charge in [-0.1, -0.05) is 11.6 Å². The zero-order valence-corrected chi connectivity index (χ0v) is 13.2. The Morgan fingerprint density at radius 1 is 1.19 bits per heavy atom. The molecule has 0 aromatic heterocycles. The van der Waals surface area contributed by atoms with Crippen molar-refractivity contribution in [2.24, 2.45) is 0 Å². The van der Waals surface area contributed by atoms with Crippen LogP contribution in [0.25, 0.3) is 0 Å². The van der Waals surface area contributed by atoms with Gasteiger partial charge in [0.2, 0.25) is 20.0 Å². The molecule has 0 spiro atoms. The number of aromatic carboxylic acids is 1. The van der Waals surface area contributed by atoms with E-state index in [1.165, 1.54) is 0 Å². The first kappa shape index (κ1) is 17.9. The Hall–Kier alpha value is -1.20. The number of carbonyl (C=O) groups is 1. The summed E-state index contributed by atoms with van der Waals surface area (Å²) in [4.78, 5) is 10.6. The van der Waals surface area contributed by atoms with Crippen LogP contribution < -0.4 is 9.44 Å². The van der Waals surface area contributed by atoms with Crippen LogP contribution in [-0.2, 0) is 20.0 Å². The molecule has 3 N–H and O–H groups in total. The number of hydrogen-bond donors (Lipinski definition) is 3. The molecule has 0 aliphatic carbocycles. The monoisotopic (exact) mass is 356 g/mol. The molecule has 1 aromatic carbocycles. The molecule has 11 heteroatoms. The van der Waals surface area contributed by atoms with Gasteiger partial charge in [-0.3, -0.25) is 0 Å². The molecule has 0 heterocycles. The van der Waals surface area contributed by atoms with E-state index in [0.717, 1.165) is 24.5 Å². The molecular weight excluding hydrogens is 344 g/mol. The van der Waals surface area contributed by atoms with Crippen LogP contribution in [0.15, 0.2) is 23.1 Å². The van der Waals surface area contributed by atoms with Gasteiger partial charge in [0, 0.05) is 13.1 Å². The second kappa shape index (κ2) is 6.71. The predicted octanol–water partition coefficient (Wildman–Crippen LogP) is -0.134. The quantitative estimate of drug-likeness (QED) is 0.583. The van der Waals surface area contributed by atoms with Gasteiger partial charge in [-0.25, -0.2) is 31.1 Å². The standard InChI is InChI=1S/C10H13ClN2O6S2/c1-20(16,17)12-4-5-13-21(18,19)7-2-3-8(10(14)15)9(11)6-7/h2-3,6,12-13H,4-5H2,1H3,(H,14,15). The summed E-state index contributed by atoms with van der Waals surface area (Å²) in [5.41, 5.74) is -0.214. The third kappa shape index (κ3) is 5.59. The lowest BCUT2D eigenvalue weighted by molar-refractivity contribution is 0.0697. The molecule has 0 fully saturated rings. The Kier molecular flexibility index (Phi) is 5.70. The van der Waals surface area contributed by atoms with Gasteiger partial charge < -0.3 is 5.11 Å². The zero-order valence-electron chi connectivity index (χ0n) is 10.8. The topological polar surface area (TPSA) is 130 Å². The number of halogens is 1. The normalized spacial score (nSPS) is 12.3. The molecule has 0 aliphatic heterocycles. The van der Waals surface area contributed by atoms with Gasteiger partial charge >= 0.3 is 5.97 Å². The molecule has 118 valence electrons. The number of nitrogens with one attached hydrogen (secondary N) is 2. The van der Waals surface area contributed by atoms with Crippen molar-refractivity contribution in [2.75, 3.05) is 19.3 Å². The first-order chi connectivity index (χ1) is 9.53. The van der Waals surface area contributed by atoms with Gasteiger partial charge in [-0.2, -0.15) is 0 Å². The zero-order chi connectivity index (χ0) is 16.3. The summed E-state index contributed by atoms with van der Waals surface area (Å²) in [5, 5.41) is 8.59. The predicted molar refractivity (Wildman–Crippen MR) is 76.4 cm³/mol. The minimum absolute atomic E-state index is 0.112. The van der Waals surface area contributed by atoms with Gasteiger partial charge in [0.25, 0.3) is 0 Å². The fourth-order valence-electron chi connectivity index (χ4n) is 1.34. The van der Waals surface area contributed by atoms with Gasteiger partial charge in [-0.05, 0) is 18.2 Å². The van der Waals surface area contributed by atoms with Crippen molar-refractivity contribution in [3.63, 3.8) is 0 Å². The molecule has 0 saturated carbocycles. The lowest BCUT2D eigenvalue weighted by Gasteiger charge is -2.08. The van der Waals surface area contributed by atoms with E-state index in [4.69, 9.17) is 16.7 Å². The molecule has 0 saturated heterocycles. The second-order valence-corrected chi connectivity index (χ2v) is 8.02. The molecule has 0 bridgehead atoms. The van der Waals surface area contributed by atoms with Crippen LogP contribution in [0.2, 0.25) is 5.02 Å². The minimum atomic E-state index is -3.91. The van der Waals surface area contributed by atoms with E-state index >= 15 is 0 Å². The average molecular weight is 357 g/mol. The Balaban J connectivity index is 2.79. The second-order valence-electron chi connectivity index (χ2n) is 4.01. The van der Waals surface area contributed by atoms with E-state index in [9.17, 15) is 21.6 Å². The lowest BCUT2D eigenvalue weighted by Crippen LogP contribution is -2.34. The molecule has 0 amide bonds. The summed E-state index contributed by atoms with van der Waals surface area (Å²) in [6, 6.07) is 3.19. The summed E-state index contributed by atoms with van der Waals surface area (Å²) in [5.74, 6) is -1.27. The van der Waals surface area contributed by atoms with Crippen LogP contribution in [-0.4, -0.2) is 47.3 Å². The largest absolute Gasteiger partial charge is 0.478 e. The molecule has 0 atom stereocenters. The first-order valence-electron chi connectivity index (χ1n) is 5.50. The number of hydrogen-bond acceptors (Lipinski definition) is 5. The van der Waals surface area contributed by atoms with Crippen LogP contribution in [0.1, 0.15) is 10.4 Å². The van der Waals surface area contributed by atoms with Crippen molar-refractivity contribution in [3.05, 3.63) is 28.8 Å². The van der Waals surface area contributed by atoms with Crippen LogP contribution in [0.5, 0.6) is 0 Å². The summed E-state index contributed by atoms with van der Waals surface area (Å²) in [6.07, 6.45) is 0.950. The number of sulfonamides is 2.